The van der Waals surface area contributed by atoms with Crippen LogP contribution >= 0.6 is 21.6 Å². The molecule has 10 heteroatoms. The molecule has 8 nitrogen and oxygen atoms in total. The van der Waals surface area contributed by atoms with Crippen molar-refractivity contribution in [3.05, 3.63) is 0 Å². The van der Waals surface area contributed by atoms with Gasteiger partial charge in [0.25, 0.3) is 0 Å². The van der Waals surface area contributed by atoms with E-state index in [1.165, 1.54) is 21.6 Å². The predicted molar refractivity (Wildman–Crippen MR) is 112 cm³/mol. The Morgan fingerprint density at radius 3 is 2.11 bits per heavy atom. The van der Waals surface area contributed by atoms with E-state index >= 15 is 0 Å². The highest BCUT2D eigenvalue weighted by molar-refractivity contribution is 8.76. The SMILES string of the molecule is CCCCCNC(=O)NC(=O)CSSCCNC(=O)NC(=O)CCC(C)C. The summed E-state index contributed by atoms with van der Waals surface area (Å²) in [5, 5.41) is 9.76. The normalized spacial score (nSPS) is 10.4. The maximum Gasteiger partial charge on any atom is 0.321 e. The first-order valence-corrected chi connectivity index (χ1v) is 11.7. The Morgan fingerprint density at radius 1 is 0.852 bits per heavy atom. The number of urea groups is 2. The number of hydrogen-bond donors (Lipinski definition) is 4. The summed E-state index contributed by atoms with van der Waals surface area (Å²) in [5.41, 5.74) is 0. The molecule has 0 aromatic rings. The molecule has 4 N–H and O–H groups in total. The van der Waals surface area contributed by atoms with Crippen molar-refractivity contribution >= 4 is 45.5 Å². The first kappa shape index (κ1) is 25.6. The lowest BCUT2D eigenvalue weighted by molar-refractivity contribution is -0.120. The van der Waals surface area contributed by atoms with Crippen LogP contribution < -0.4 is 21.3 Å². The van der Waals surface area contributed by atoms with Crippen LogP contribution in [0.4, 0.5) is 9.59 Å². The number of imide groups is 2. The zero-order chi connectivity index (χ0) is 20.5. The van der Waals surface area contributed by atoms with E-state index in [1.54, 1.807) is 0 Å². The van der Waals surface area contributed by atoms with E-state index in [0.717, 1.165) is 25.7 Å². The third-order valence-corrected chi connectivity index (χ3v) is 5.54. The van der Waals surface area contributed by atoms with E-state index in [-0.39, 0.29) is 17.6 Å². The number of rotatable bonds is 13. The summed E-state index contributed by atoms with van der Waals surface area (Å²) in [6, 6.07) is -0.978. The van der Waals surface area contributed by atoms with E-state index < -0.39 is 12.1 Å². The number of carbonyl (C=O) groups is 4. The minimum atomic E-state index is -0.508. The molecule has 0 atom stereocenters. The van der Waals surface area contributed by atoms with Crippen LogP contribution in [0.3, 0.4) is 0 Å². The molecule has 0 aliphatic rings. The lowest BCUT2D eigenvalue weighted by Gasteiger charge is -2.08. The number of carbonyl (C=O) groups excluding carboxylic acids is 4. The van der Waals surface area contributed by atoms with Gasteiger partial charge in [0.1, 0.15) is 0 Å². The summed E-state index contributed by atoms with van der Waals surface area (Å²) < 4.78 is 0. The number of unbranched alkanes of at least 4 members (excludes halogenated alkanes) is 2. The van der Waals surface area contributed by atoms with Gasteiger partial charge in [0.2, 0.25) is 11.8 Å². The van der Waals surface area contributed by atoms with E-state index in [9.17, 15) is 19.2 Å². The van der Waals surface area contributed by atoms with Crippen molar-refractivity contribution in [2.75, 3.05) is 24.6 Å². The van der Waals surface area contributed by atoms with Gasteiger partial charge in [-0.15, -0.1) is 0 Å². The average molecular weight is 421 g/mol. The molecule has 0 unspecified atom stereocenters. The standard InChI is InChI=1S/C17H32N4O4S2/c1-4-5-6-9-18-16(24)21-15(23)12-27-26-11-10-19-17(25)20-14(22)8-7-13(2)3/h13H,4-12H2,1-3H3,(H2,18,21,23,24)(H2,19,20,22,25). The number of nitrogens with one attached hydrogen (secondary N) is 4. The van der Waals surface area contributed by atoms with Crippen LogP contribution in [0.1, 0.15) is 52.9 Å². The van der Waals surface area contributed by atoms with Crippen LogP contribution in [0.25, 0.3) is 0 Å². The van der Waals surface area contributed by atoms with Crippen LogP contribution in [0, 0.1) is 5.92 Å². The Balaban J connectivity index is 3.59. The van der Waals surface area contributed by atoms with Crippen LogP contribution in [0.5, 0.6) is 0 Å². The Morgan fingerprint density at radius 2 is 1.48 bits per heavy atom. The Labute approximate surface area is 169 Å². The first-order chi connectivity index (χ1) is 12.8. The average Bonchev–Trinajstić information content (AvgIpc) is 2.59. The van der Waals surface area contributed by atoms with Crippen LogP contribution in [-0.4, -0.2) is 48.5 Å². The summed E-state index contributed by atoms with van der Waals surface area (Å²) in [5.74, 6) is 0.494. The lowest BCUT2D eigenvalue weighted by atomic mass is 10.1. The highest BCUT2D eigenvalue weighted by Gasteiger charge is 2.09. The molecule has 0 spiro atoms. The third kappa shape index (κ3) is 17.7. The van der Waals surface area contributed by atoms with Crippen molar-refractivity contribution in [1.82, 2.24) is 21.3 Å². The van der Waals surface area contributed by atoms with Crippen molar-refractivity contribution < 1.29 is 19.2 Å². The highest BCUT2D eigenvalue weighted by atomic mass is 33.1. The van der Waals surface area contributed by atoms with Gasteiger partial charge in [-0.25, -0.2) is 9.59 Å². The van der Waals surface area contributed by atoms with Gasteiger partial charge in [0.05, 0.1) is 5.75 Å². The Kier molecular flexibility index (Phi) is 15.9. The fourth-order valence-electron chi connectivity index (χ4n) is 1.80. The van der Waals surface area contributed by atoms with Gasteiger partial charge >= 0.3 is 12.1 Å². The van der Waals surface area contributed by atoms with Gasteiger partial charge in [-0.3, -0.25) is 20.2 Å². The zero-order valence-corrected chi connectivity index (χ0v) is 18.0. The molecular formula is C17H32N4O4S2. The molecule has 0 heterocycles. The zero-order valence-electron chi connectivity index (χ0n) is 16.4. The second-order valence-corrected chi connectivity index (χ2v) is 8.91. The molecular weight excluding hydrogens is 388 g/mol. The quantitative estimate of drug-likeness (QED) is 0.269. The van der Waals surface area contributed by atoms with Crippen LogP contribution in [0.15, 0.2) is 0 Å². The van der Waals surface area contributed by atoms with Crippen molar-refractivity contribution in [2.45, 2.75) is 52.9 Å². The van der Waals surface area contributed by atoms with E-state index in [2.05, 4.69) is 28.2 Å². The molecule has 0 bridgehead atoms. The maximum absolute atomic E-state index is 11.6. The predicted octanol–water partition coefficient (Wildman–Crippen LogP) is 2.65. The second-order valence-electron chi connectivity index (χ2n) is 6.33. The molecule has 0 aliphatic heterocycles. The van der Waals surface area contributed by atoms with Gasteiger partial charge in [0, 0.05) is 25.3 Å². The van der Waals surface area contributed by atoms with E-state index in [4.69, 9.17) is 0 Å². The van der Waals surface area contributed by atoms with Crippen molar-refractivity contribution in [2.24, 2.45) is 5.92 Å². The number of amides is 6. The Hall–Kier alpha value is -1.42. The monoisotopic (exact) mass is 420 g/mol. The van der Waals surface area contributed by atoms with Crippen molar-refractivity contribution in [1.29, 1.82) is 0 Å². The summed E-state index contributed by atoms with van der Waals surface area (Å²) in [6.45, 7) is 7.04. The van der Waals surface area contributed by atoms with Gasteiger partial charge in [-0.1, -0.05) is 55.2 Å². The molecule has 0 aromatic carbocycles. The van der Waals surface area contributed by atoms with Gasteiger partial charge in [0.15, 0.2) is 0 Å². The summed E-state index contributed by atoms with van der Waals surface area (Å²) in [7, 11) is 2.70. The fraction of sp³-hybridized carbons (Fsp3) is 0.765. The van der Waals surface area contributed by atoms with E-state index in [1.807, 2.05) is 13.8 Å². The molecule has 0 rings (SSSR count). The molecule has 0 aromatic heterocycles. The molecule has 0 fully saturated rings. The van der Waals surface area contributed by atoms with Gasteiger partial charge < -0.3 is 10.6 Å². The summed E-state index contributed by atoms with van der Waals surface area (Å²) in [4.78, 5) is 46.1. The lowest BCUT2D eigenvalue weighted by Crippen LogP contribution is -2.40. The fourth-order valence-corrected chi connectivity index (χ4v) is 3.54. The first-order valence-electron chi connectivity index (χ1n) is 9.24. The third-order valence-electron chi connectivity index (χ3n) is 3.26. The second kappa shape index (κ2) is 16.7. The minimum absolute atomic E-state index is 0.146. The summed E-state index contributed by atoms with van der Waals surface area (Å²) in [6.07, 6.45) is 4.08. The minimum Gasteiger partial charge on any atom is -0.338 e. The number of hydrogen-bond acceptors (Lipinski definition) is 6. The van der Waals surface area contributed by atoms with Crippen LogP contribution in [-0.2, 0) is 9.59 Å². The molecule has 156 valence electrons. The largest absolute Gasteiger partial charge is 0.338 e. The topological polar surface area (TPSA) is 116 Å². The van der Waals surface area contributed by atoms with Crippen molar-refractivity contribution in [3.63, 3.8) is 0 Å². The van der Waals surface area contributed by atoms with Crippen molar-refractivity contribution in [3.8, 4) is 0 Å². The molecule has 0 saturated heterocycles. The molecule has 27 heavy (non-hydrogen) atoms. The molecule has 0 radical (unpaired) electrons. The molecule has 0 aliphatic carbocycles. The Bertz CT molecular complexity index is 476. The van der Waals surface area contributed by atoms with Gasteiger partial charge in [-0.2, -0.15) is 0 Å². The van der Waals surface area contributed by atoms with Gasteiger partial charge in [-0.05, 0) is 18.8 Å². The van der Waals surface area contributed by atoms with E-state index in [0.29, 0.717) is 31.2 Å². The molecule has 6 amide bonds. The summed E-state index contributed by atoms with van der Waals surface area (Å²) >= 11 is 0. The molecule has 0 saturated carbocycles. The maximum atomic E-state index is 11.6. The smallest absolute Gasteiger partial charge is 0.321 e. The van der Waals surface area contributed by atoms with Crippen LogP contribution in [0.2, 0.25) is 0 Å². The highest BCUT2D eigenvalue weighted by Crippen LogP contribution is 2.19.